The van der Waals surface area contributed by atoms with Crippen LogP contribution in [0.4, 0.5) is 5.13 Å². The number of aromatic nitrogens is 2. The van der Waals surface area contributed by atoms with E-state index in [9.17, 15) is 9.59 Å². The highest BCUT2D eigenvalue weighted by Crippen LogP contribution is 2.12. The average molecular weight is 286 g/mol. The summed E-state index contributed by atoms with van der Waals surface area (Å²) in [5.41, 5.74) is 0. The van der Waals surface area contributed by atoms with E-state index in [2.05, 4.69) is 34.7 Å². The number of rotatable bonds is 6. The van der Waals surface area contributed by atoms with Crippen molar-refractivity contribution in [1.82, 2.24) is 15.5 Å². The zero-order valence-corrected chi connectivity index (χ0v) is 12.3. The van der Waals surface area contributed by atoms with Crippen molar-refractivity contribution in [3.63, 3.8) is 0 Å². The molecule has 2 amide bonds. The second kappa shape index (κ2) is 7.80. The summed E-state index contributed by atoms with van der Waals surface area (Å²) in [4.78, 5) is 24.5. The van der Waals surface area contributed by atoms with Gasteiger partial charge in [0.2, 0.25) is 5.13 Å². The minimum absolute atomic E-state index is 0.340. The molecule has 1 aromatic rings. The van der Waals surface area contributed by atoms with Crippen molar-refractivity contribution < 1.29 is 14.5 Å². The minimum Gasteiger partial charge on any atom is -0.342 e. The summed E-state index contributed by atoms with van der Waals surface area (Å²) in [7, 11) is 0. The van der Waals surface area contributed by atoms with Crippen LogP contribution < -0.4 is 15.5 Å². The standard InChI is InChI=1S/C11H19N5O2S/c1-4-16(5-2)7-6-12-9(17)10(18)13-11-15-14-8(3)19-11/h4-7H2,1-3H3,(H,12,17)(H,13,15,18)/p+1. The van der Waals surface area contributed by atoms with Crippen LogP contribution in [0.5, 0.6) is 0 Å². The van der Waals surface area contributed by atoms with Gasteiger partial charge in [0.1, 0.15) is 5.01 Å². The first-order valence-electron chi connectivity index (χ1n) is 6.29. The number of amides is 2. The quantitative estimate of drug-likeness (QED) is 0.575. The molecule has 0 aliphatic carbocycles. The van der Waals surface area contributed by atoms with Gasteiger partial charge in [-0.2, -0.15) is 0 Å². The van der Waals surface area contributed by atoms with Crippen molar-refractivity contribution in [3.05, 3.63) is 5.01 Å². The highest BCUT2D eigenvalue weighted by atomic mass is 32.1. The molecule has 8 heteroatoms. The Kier molecular flexibility index (Phi) is 6.37. The Hall–Kier alpha value is -1.54. The Bertz CT molecular complexity index is 430. The largest absolute Gasteiger partial charge is 0.342 e. The van der Waals surface area contributed by atoms with Crippen LogP contribution in [-0.4, -0.2) is 48.2 Å². The van der Waals surface area contributed by atoms with Crippen LogP contribution in [0.3, 0.4) is 0 Å². The minimum atomic E-state index is -0.703. The van der Waals surface area contributed by atoms with E-state index in [0.717, 1.165) is 24.6 Å². The van der Waals surface area contributed by atoms with Gasteiger partial charge in [-0.3, -0.25) is 14.9 Å². The molecule has 0 aliphatic heterocycles. The number of hydrogen-bond donors (Lipinski definition) is 3. The maximum absolute atomic E-state index is 11.5. The van der Waals surface area contributed by atoms with E-state index < -0.39 is 11.8 Å². The van der Waals surface area contributed by atoms with Crippen molar-refractivity contribution in [1.29, 1.82) is 0 Å². The summed E-state index contributed by atoms with van der Waals surface area (Å²) in [6.45, 7) is 9.25. The smallest absolute Gasteiger partial charge is 0.315 e. The molecular weight excluding hydrogens is 266 g/mol. The van der Waals surface area contributed by atoms with Gasteiger partial charge in [0.15, 0.2) is 0 Å². The number of likely N-dealkylation sites (N-methyl/N-ethyl adjacent to an activating group) is 1. The van der Waals surface area contributed by atoms with E-state index in [-0.39, 0.29) is 0 Å². The Labute approximate surface area is 116 Å². The molecule has 0 radical (unpaired) electrons. The molecule has 0 saturated carbocycles. The number of anilines is 1. The number of carbonyl (C=O) groups excluding carboxylic acids is 2. The van der Waals surface area contributed by atoms with Crippen molar-refractivity contribution >= 4 is 28.3 Å². The lowest BCUT2D eigenvalue weighted by Gasteiger charge is -2.15. The van der Waals surface area contributed by atoms with Crippen LogP contribution in [0.25, 0.3) is 0 Å². The van der Waals surface area contributed by atoms with Gasteiger partial charge in [-0.05, 0) is 20.8 Å². The number of carbonyl (C=O) groups is 2. The lowest BCUT2D eigenvalue weighted by Crippen LogP contribution is -3.12. The van der Waals surface area contributed by atoms with E-state index in [0.29, 0.717) is 11.7 Å². The third kappa shape index (κ3) is 5.31. The summed E-state index contributed by atoms with van der Waals surface area (Å²) in [6.07, 6.45) is 0. The molecule has 0 aliphatic rings. The van der Waals surface area contributed by atoms with E-state index in [1.54, 1.807) is 6.92 Å². The molecule has 0 bridgehead atoms. The third-order valence-corrected chi connectivity index (χ3v) is 3.47. The number of quaternary nitrogens is 1. The second-order valence-corrected chi connectivity index (χ2v) is 5.23. The SMILES string of the molecule is CC[NH+](CC)CCNC(=O)C(=O)Nc1nnc(C)s1. The van der Waals surface area contributed by atoms with Crippen LogP contribution in [0, 0.1) is 6.92 Å². The summed E-state index contributed by atoms with van der Waals surface area (Å²) in [5, 5.41) is 13.6. The normalized spacial score (nSPS) is 10.5. The molecule has 1 aromatic heterocycles. The highest BCUT2D eigenvalue weighted by Gasteiger charge is 2.15. The molecule has 106 valence electrons. The fourth-order valence-corrected chi connectivity index (χ4v) is 2.12. The third-order valence-electron chi connectivity index (χ3n) is 2.72. The Morgan fingerprint density at radius 3 is 2.42 bits per heavy atom. The van der Waals surface area contributed by atoms with E-state index in [1.807, 2.05) is 0 Å². The van der Waals surface area contributed by atoms with Crippen LogP contribution >= 0.6 is 11.3 Å². The van der Waals surface area contributed by atoms with Crippen LogP contribution in [-0.2, 0) is 9.59 Å². The Morgan fingerprint density at radius 1 is 1.21 bits per heavy atom. The second-order valence-electron chi connectivity index (χ2n) is 4.04. The van der Waals surface area contributed by atoms with Crippen LogP contribution in [0.2, 0.25) is 0 Å². The molecular formula is C11H20N5O2S+. The molecule has 0 atom stereocenters. The molecule has 1 rings (SSSR count). The number of aryl methyl sites for hydroxylation is 1. The molecule has 0 saturated heterocycles. The van der Waals surface area contributed by atoms with E-state index in [4.69, 9.17) is 0 Å². The van der Waals surface area contributed by atoms with E-state index in [1.165, 1.54) is 16.2 Å². The van der Waals surface area contributed by atoms with Gasteiger partial charge in [-0.25, -0.2) is 0 Å². The van der Waals surface area contributed by atoms with E-state index >= 15 is 0 Å². The lowest BCUT2D eigenvalue weighted by molar-refractivity contribution is -0.895. The molecule has 3 N–H and O–H groups in total. The summed E-state index contributed by atoms with van der Waals surface area (Å²) >= 11 is 1.23. The molecule has 0 spiro atoms. The maximum atomic E-state index is 11.5. The van der Waals surface area contributed by atoms with Gasteiger partial charge in [0.05, 0.1) is 26.2 Å². The molecule has 19 heavy (non-hydrogen) atoms. The van der Waals surface area contributed by atoms with Gasteiger partial charge in [-0.1, -0.05) is 11.3 Å². The van der Waals surface area contributed by atoms with Gasteiger partial charge < -0.3 is 10.2 Å². The first kappa shape index (κ1) is 15.5. The van der Waals surface area contributed by atoms with Crippen molar-refractivity contribution in [3.8, 4) is 0 Å². The predicted molar refractivity (Wildman–Crippen MR) is 73.2 cm³/mol. The first-order chi connectivity index (χ1) is 9.06. The number of hydrogen-bond acceptors (Lipinski definition) is 5. The van der Waals surface area contributed by atoms with Crippen LogP contribution in [0.1, 0.15) is 18.9 Å². The first-order valence-corrected chi connectivity index (χ1v) is 7.11. The maximum Gasteiger partial charge on any atom is 0.315 e. The fourth-order valence-electron chi connectivity index (χ4n) is 1.54. The molecule has 7 nitrogen and oxygen atoms in total. The Morgan fingerprint density at radius 2 is 1.89 bits per heavy atom. The van der Waals surface area contributed by atoms with Gasteiger partial charge in [-0.15, -0.1) is 10.2 Å². The number of nitrogens with one attached hydrogen (secondary N) is 3. The molecule has 1 heterocycles. The van der Waals surface area contributed by atoms with Crippen LogP contribution in [0.15, 0.2) is 0 Å². The average Bonchev–Trinajstić information content (AvgIpc) is 2.79. The zero-order chi connectivity index (χ0) is 14.3. The zero-order valence-electron chi connectivity index (χ0n) is 11.4. The van der Waals surface area contributed by atoms with Gasteiger partial charge in [0, 0.05) is 0 Å². The predicted octanol–water partition coefficient (Wildman–Crippen LogP) is -1.17. The molecule has 0 unspecified atom stereocenters. The summed E-state index contributed by atoms with van der Waals surface area (Å²) in [5.74, 6) is -1.34. The van der Waals surface area contributed by atoms with Crippen molar-refractivity contribution in [2.24, 2.45) is 0 Å². The Balaban J connectivity index is 2.31. The molecule has 0 fully saturated rings. The highest BCUT2D eigenvalue weighted by molar-refractivity contribution is 7.15. The van der Waals surface area contributed by atoms with Gasteiger partial charge >= 0.3 is 11.8 Å². The summed E-state index contributed by atoms with van der Waals surface area (Å²) < 4.78 is 0. The van der Waals surface area contributed by atoms with Crippen molar-refractivity contribution in [2.75, 3.05) is 31.5 Å². The summed E-state index contributed by atoms with van der Waals surface area (Å²) in [6, 6.07) is 0. The monoisotopic (exact) mass is 286 g/mol. The molecule has 0 aromatic carbocycles. The number of nitrogens with zero attached hydrogens (tertiary/aromatic N) is 2. The lowest BCUT2D eigenvalue weighted by atomic mass is 10.4. The topological polar surface area (TPSA) is 88.4 Å². The fraction of sp³-hybridized carbons (Fsp3) is 0.636. The van der Waals surface area contributed by atoms with Gasteiger partial charge in [0.25, 0.3) is 0 Å². The van der Waals surface area contributed by atoms with Crippen molar-refractivity contribution in [2.45, 2.75) is 20.8 Å².